The lowest BCUT2D eigenvalue weighted by Crippen LogP contribution is -2.38. The largest absolute Gasteiger partial charge is 0.446 e. The molecule has 0 aromatic heterocycles. The Hall–Kier alpha value is -1.21. The van der Waals surface area contributed by atoms with Crippen LogP contribution in [0.5, 0.6) is 0 Å². The van der Waals surface area contributed by atoms with Crippen molar-refractivity contribution in [2.24, 2.45) is 0 Å². The molecular formula is C12H14F3NO2S. The van der Waals surface area contributed by atoms with Crippen molar-refractivity contribution in [3.05, 3.63) is 29.8 Å². The highest BCUT2D eigenvalue weighted by Crippen LogP contribution is 2.36. The zero-order valence-corrected chi connectivity index (χ0v) is 11.2. The average Bonchev–Trinajstić information content (AvgIpc) is 2.23. The van der Waals surface area contributed by atoms with Crippen LogP contribution in [0.2, 0.25) is 0 Å². The third-order valence-electron chi connectivity index (χ3n) is 2.03. The number of thioether (sulfide) groups is 1. The van der Waals surface area contributed by atoms with Crippen LogP contribution in [0, 0.1) is 0 Å². The fourth-order valence-corrected chi connectivity index (χ4v) is 1.75. The molecule has 2 N–H and O–H groups in total. The molecule has 1 aromatic carbocycles. The number of hydrogen-bond acceptors (Lipinski definition) is 3. The molecule has 3 nitrogen and oxygen atoms in total. The van der Waals surface area contributed by atoms with E-state index >= 15 is 0 Å². The lowest BCUT2D eigenvalue weighted by Gasteiger charge is -2.17. The van der Waals surface area contributed by atoms with Gasteiger partial charge in [0.15, 0.2) is 0 Å². The first-order valence-electron chi connectivity index (χ1n) is 5.43. The summed E-state index contributed by atoms with van der Waals surface area (Å²) in [6.45, 7) is 3.14. The van der Waals surface area contributed by atoms with E-state index in [-0.39, 0.29) is 28.8 Å². The Morgan fingerprint density at radius 2 is 1.79 bits per heavy atom. The van der Waals surface area contributed by atoms with Crippen LogP contribution in [-0.2, 0) is 0 Å². The van der Waals surface area contributed by atoms with E-state index in [0.29, 0.717) is 0 Å². The van der Waals surface area contributed by atoms with Crippen molar-refractivity contribution in [2.45, 2.75) is 29.9 Å². The first kappa shape index (κ1) is 15.8. The van der Waals surface area contributed by atoms with Gasteiger partial charge in [0.05, 0.1) is 5.60 Å². The molecular weight excluding hydrogens is 279 g/mol. The van der Waals surface area contributed by atoms with Crippen molar-refractivity contribution in [1.82, 2.24) is 5.32 Å². The van der Waals surface area contributed by atoms with Crippen LogP contribution in [0.1, 0.15) is 24.2 Å². The minimum atomic E-state index is -4.34. The molecule has 0 aliphatic heterocycles. The smallest absolute Gasteiger partial charge is 0.389 e. The van der Waals surface area contributed by atoms with Gasteiger partial charge in [-0.25, -0.2) is 0 Å². The molecule has 0 bridgehead atoms. The van der Waals surface area contributed by atoms with Crippen LogP contribution < -0.4 is 5.32 Å². The number of alkyl halides is 3. The number of amides is 1. The molecule has 0 aliphatic carbocycles. The van der Waals surface area contributed by atoms with Gasteiger partial charge in [0, 0.05) is 17.0 Å². The molecule has 0 unspecified atom stereocenters. The topological polar surface area (TPSA) is 49.3 Å². The van der Waals surface area contributed by atoms with Crippen LogP contribution >= 0.6 is 11.8 Å². The summed E-state index contributed by atoms with van der Waals surface area (Å²) in [4.78, 5) is 11.7. The Morgan fingerprint density at radius 1 is 1.26 bits per heavy atom. The van der Waals surface area contributed by atoms with Crippen molar-refractivity contribution in [2.75, 3.05) is 6.54 Å². The first-order valence-corrected chi connectivity index (χ1v) is 6.25. The highest BCUT2D eigenvalue weighted by molar-refractivity contribution is 8.00. The van der Waals surface area contributed by atoms with E-state index in [1.807, 2.05) is 0 Å². The minimum Gasteiger partial charge on any atom is -0.389 e. The second kappa shape index (κ2) is 5.83. The molecule has 0 atom stereocenters. The Morgan fingerprint density at radius 3 is 2.21 bits per heavy atom. The van der Waals surface area contributed by atoms with Gasteiger partial charge in [0.1, 0.15) is 0 Å². The van der Waals surface area contributed by atoms with Crippen molar-refractivity contribution in [3.8, 4) is 0 Å². The molecule has 0 aliphatic rings. The van der Waals surface area contributed by atoms with E-state index in [4.69, 9.17) is 0 Å². The quantitative estimate of drug-likeness (QED) is 0.839. The summed E-state index contributed by atoms with van der Waals surface area (Å²) in [5.41, 5.74) is -5.14. The summed E-state index contributed by atoms with van der Waals surface area (Å²) in [6, 6.07) is 5.09. The summed E-state index contributed by atoms with van der Waals surface area (Å²) in [6.07, 6.45) is 0. The zero-order chi connectivity index (χ0) is 14.7. The number of benzene rings is 1. The monoisotopic (exact) mass is 293 g/mol. The van der Waals surface area contributed by atoms with E-state index in [0.717, 1.165) is 0 Å². The van der Waals surface area contributed by atoms with E-state index < -0.39 is 17.0 Å². The number of carbonyl (C=O) groups is 1. The van der Waals surface area contributed by atoms with Gasteiger partial charge < -0.3 is 10.4 Å². The Bertz CT molecular complexity index is 438. The third-order valence-corrected chi connectivity index (χ3v) is 2.77. The molecule has 19 heavy (non-hydrogen) atoms. The van der Waals surface area contributed by atoms with Gasteiger partial charge >= 0.3 is 5.51 Å². The van der Waals surface area contributed by atoms with Crippen LogP contribution in [0.3, 0.4) is 0 Å². The summed E-state index contributed by atoms with van der Waals surface area (Å²) in [5.74, 6) is -0.439. The summed E-state index contributed by atoms with van der Waals surface area (Å²) < 4.78 is 36.3. The molecule has 7 heteroatoms. The number of nitrogens with one attached hydrogen (secondary N) is 1. The van der Waals surface area contributed by atoms with E-state index in [2.05, 4.69) is 5.32 Å². The number of hydrogen-bond donors (Lipinski definition) is 2. The Labute approximate surface area is 113 Å². The molecule has 0 spiro atoms. The van der Waals surface area contributed by atoms with Gasteiger partial charge in [0.25, 0.3) is 5.91 Å². The summed E-state index contributed by atoms with van der Waals surface area (Å²) >= 11 is -0.233. The molecule has 1 amide bonds. The van der Waals surface area contributed by atoms with Gasteiger partial charge in [-0.05, 0) is 49.9 Å². The minimum absolute atomic E-state index is 0.0199. The van der Waals surface area contributed by atoms with Crippen molar-refractivity contribution in [1.29, 1.82) is 0 Å². The van der Waals surface area contributed by atoms with Crippen molar-refractivity contribution >= 4 is 17.7 Å². The first-order chi connectivity index (χ1) is 8.57. The SMILES string of the molecule is CC(C)(O)CNC(=O)c1ccc(SC(F)(F)F)cc1. The van der Waals surface area contributed by atoms with Crippen molar-refractivity contribution in [3.63, 3.8) is 0 Å². The number of halogens is 3. The van der Waals surface area contributed by atoms with E-state index in [1.165, 1.54) is 38.1 Å². The fraction of sp³-hybridized carbons (Fsp3) is 0.417. The fourth-order valence-electron chi connectivity index (χ4n) is 1.21. The number of carbonyl (C=O) groups excluding carboxylic acids is 1. The van der Waals surface area contributed by atoms with Gasteiger partial charge in [-0.1, -0.05) is 0 Å². The highest BCUT2D eigenvalue weighted by atomic mass is 32.2. The van der Waals surface area contributed by atoms with Gasteiger partial charge in [-0.3, -0.25) is 4.79 Å². The van der Waals surface area contributed by atoms with E-state index in [1.54, 1.807) is 0 Å². The maximum absolute atomic E-state index is 12.1. The molecule has 0 heterocycles. The highest BCUT2D eigenvalue weighted by Gasteiger charge is 2.29. The lowest BCUT2D eigenvalue weighted by atomic mass is 10.1. The molecule has 1 aromatic rings. The van der Waals surface area contributed by atoms with Crippen LogP contribution in [0.4, 0.5) is 13.2 Å². The van der Waals surface area contributed by atoms with Gasteiger partial charge in [-0.2, -0.15) is 13.2 Å². The van der Waals surface area contributed by atoms with E-state index in [9.17, 15) is 23.1 Å². The normalized spacial score (nSPS) is 12.3. The van der Waals surface area contributed by atoms with Crippen molar-refractivity contribution < 1.29 is 23.1 Å². The Kier molecular flexibility index (Phi) is 4.86. The molecule has 0 fully saturated rings. The molecule has 106 valence electrons. The van der Waals surface area contributed by atoms with Gasteiger partial charge in [0.2, 0.25) is 0 Å². The standard InChI is InChI=1S/C12H14F3NO2S/c1-11(2,18)7-16-10(17)8-3-5-9(6-4-8)19-12(13,14)15/h3-6,18H,7H2,1-2H3,(H,16,17). The molecule has 0 saturated heterocycles. The molecule has 0 radical (unpaired) electrons. The maximum atomic E-state index is 12.1. The molecule has 1 rings (SSSR count). The predicted molar refractivity (Wildman–Crippen MR) is 67.0 cm³/mol. The third kappa shape index (κ3) is 6.49. The van der Waals surface area contributed by atoms with Crippen LogP contribution in [0.15, 0.2) is 29.2 Å². The summed E-state index contributed by atoms with van der Waals surface area (Å²) in [7, 11) is 0. The van der Waals surface area contributed by atoms with Crippen LogP contribution in [0.25, 0.3) is 0 Å². The predicted octanol–water partition coefficient (Wildman–Crippen LogP) is 2.80. The van der Waals surface area contributed by atoms with Gasteiger partial charge in [-0.15, -0.1) is 0 Å². The average molecular weight is 293 g/mol. The maximum Gasteiger partial charge on any atom is 0.446 e. The second-order valence-electron chi connectivity index (χ2n) is 4.57. The zero-order valence-electron chi connectivity index (χ0n) is 10.4. The van der Waals surface area contributed by atoms with Crippen LogP contribution in [-0.4, -0.2) is 28.7 Å². The number of rotatable bonds is 4. The molecule has 0 saturated carbocycles. The second-order valence-corrected chi connectivity index (χ2v) is 5.71. The Balaban J connectivity index is 2.63. The number of aliphatic hydroxyl groups is 1. The summed E-state index contributed by atoms with van der Waals surface area (Å²) in [5, 5.41) is 11.9. The lowest BCUT2D eigenvalue weighted by molar-refractivity contribution is -0.0328.